The highest BCUT2D eigenvalue weighted by atomic mass is 16.5. The Morgan fingerprint density at radius 1 is 1.21 bits per heavy atom. The van der Waals surface area contributed by atoms with Crippen LogP contribution in [0, 0.1) is 17.8 Å². The molecule has 0 aliphatic carbocycles. The minimum Gasteiger partial charge on any atom is -0.493 e. The van der Waals surface area contributed by atoms with E-state index < -0.39 is 0 Å². The van der Waals surface area contributed by atoms with Crippen LogP contribution in [-0.4, -0.2) is 88.0 Å². The van der Waals surface area contributed by atoms with Gasteiger partial charge in [0.2, 0.25) is 0 Å². The summed E-state index contributed by atoms with van der Waals surface area (Å²) in [4.78, 5) is 21.4. The molecule has 0 radical (unpaired) electrons. The molecule has 3 aliphatic heterocycles. The molecule has 2 aromatic rings. The fraction of sp³-hybridized carbons (Fsp3) is 0.654. The number of H-pyrrole nitrogens is 1. The van der Waals surface area contributed by atoms with E-state index in [2.05, 4.69) is 22.9 Å². The number of rotatable bonds is 6. The summed E-state index contributed by atoms with van der Waals surface area (Å²) in [5.41, 5.74) is 3.71. The zero-order valence-electron chi connectivity index (χ0n) is 20.9. The fourth-order valence-electron chi connectivity index (χ4n) is 6.21. The number of aromatic amines is 1. The summed E-state index contributed by atoms with van der Waals surface area (Å²) in [5, 5.41) is 1.20. The summed E-state index contributed by atoms with van der Waals surface area (Å²) in [5.74, 6) is 1.75. The molecule has 4 heterocycles. The quantitative estimate of drug-likeness (QED) is 0.650. The third-order valence-corrected chi connectivity index (χ3v) is 8.10. The number of piperidine rings is 1. The van der Waals surface area contributed by atoms with Gasteiger partial charge in [0, 0.05) is 48.2 Å². The minimum atomic E-state index is -0.208. The Bertz CT molecular complexity index is 1050. The Morgan fingerprint density at radius 3 is 2.71 bits per heavy atom. The van der Waals surface area contributed by atoms with Crippen molar-refractivity contribution in [3.05, 3.63) is 23.4 Å². The van der Waals surface area contributed by atoms with E-state index in [1.165, 1.54) is 16.6 Å². The molecule has 8 heteroatoms. The average Bonchev–Trinajstić information content (AvgIpc) is 3.20. The summed E-state index contributed by atoms with van der Waals surface area (Å²) in [6.07, 6.45) is 2.07. The molecule has 2 saturated heterocycles. The van der Waals surface area contributed by atoms with Crippen LogP contribution in [0.2, 0.25) is 0 Å². The Labute approximate surface area is 201 Å². The molecule has 186 valence electrons. The van der Waals surface area contributed by atoms with Gasteiger partial charge >= 0.3 is 5.97 Å². The zero-order valence-corrected chi connectivity index (χ0v) is 20.9. The van der Waals surface area contributed by atoms with Crippen LogP contribution >= 0.6 is 0 Å². The number of benzene rings is 1. The Balaban J connectivity index is 1.43. The number of fused-ring (bicyclic) bond motifs is 6. The normalized spacial score (nSPS) is 28.8. The van der Waals surface area contributed by atoms with Gasteiger partial charge in [-0.2, -0.15) is 0 Å². The topological polar surface area (TPSA) is 76.3 Å². The maximum absolute atomic E-state index is 13.1. The maximum Gasteiger partial charge on any atom is 0.311 e. The number of ether oxygens (including phenoxy) is 4. The van der Waals surface area contributed by atoms with Crippen molar-refractivity contribution in [3.63, 3.8) is 0 Å². The van der Waals surface area contributed by atoms with Gasteiger partial charge in [0.05, 0.1) is 38.9 Å². The Hall–Kier alpha value is -2.29. The molecule has 1 unspecified atom stereocenters. The monoisotopic (exact) mass is 471 g/mol. The van der Waals surface area contributed by atoms with Gasteiger partial charge in [-0.1, -0.05) is 0 Å². The first-order valence-electron chi connectivity index (χ1n) is 12.3. The van der Waals surface area contributed by atoms with Crippen molar-refractivity contribution in [2.45, 2.75) is 31.9 Å². The number of carbonyl (C=O) groups is 1. The lowest BCUT2D eigenvalue weighted by Gasteiger charge is -2.51. The van der Waals surface area contributed by atoms with Crippen molar-refractivity contribution in [2.24, 2.45) is 17.8 Å². The number of carbonyl (C=O) groups excluding carboxylic acids is 1. The molecule has 1 N–H and O–H groups in total. The van der Waals surface area contributed by atoms with Crippen molar-refractivity contribution in [2.75, 3.05) is 61.2 Å². The van der Waals surface area contributed by atoms with Gasteiger partial charge < -0.3 is 28.8 Å². The van der Waals surface area contributed by atoms with Gasteiger partial charge in [0.1, 0.15) is 6.61 Å². The van der Waals surface area contributed by atoms with Crippen molar-refractivity contribution < 1.29 is 23.7 Å². The first kappa shape index (κ1) is 23.5. The molecule has 1 aromatic heterocycles. The SMILES string of the molecule is COc1cc2[nH]c3c(c2cc1OC)CCN1C[C@H]2[C@H](C)OCC(C(=O)OCCN(C)C)[C@H]2C[C@H]31. The second kappa shape index (κ2) is 9.40. The number of nitrogens with one attached hydrogen (secondary N) is 1. The summed E-state index contributed by atoms with van der Waals surface area (Å²) in [7, 11) is 7.31. The van der Waals surface area contributed by atoms with Gasteiger partial charge in [-0.05, 0) is 51.4 Å². The number of likely N-dealkylation sites (N-methyl/N-ethyl adjacent to an activating group) is 1. The van der Waals surface area contributed by atoms with E-state index >= 15 is 0 Å². The first-order valence-corrected chi connectivity index (χ1v) is 12.3. The number of hydrogen-bond donors (Lipinski definition) is 1. The van der Waals surface area contributed by atoms with Gasteiger partial charge in [-0.25, -0.2) is 0 Å². The molecule has 1 aromatic carbocycles. The molecular formula is C26H37N3O5. The van der Waals surface area contributed by atoms with Crippen LogP contribution in [0.25, 0.3) is 10.9 Å². The molecule has 0 amide bonds. The molecule has 2 fully saturated rings. The van der Waals surface area contributed by atoms with Crippen molar-refractivity contribution in [3.8, 4) is 11.5 Å². The maximum atomic E-state index is 13.1. The molecule has 0 bridgehead atoms. The number of methoxy groups -OCH3 is 2. The first-order chi connectivity index (χ1) is 16.4. The highest BCUT2D eigenvalue weighted by Gasteiger charge is 2.49. The number of esters is 1. The summed E-state index contributed by atoms with van der Waals surface area (Å²) in [6, 6.07) is 4.38. The predicted molar refractivity (Wildman–Crippen MR) is 129 cm³/mol. The van der Waals surface area contributed by atoms with Gasteiger partial charge in [-0.3, -0.25) is 9.69 Å². The molecule has 0 spiro atoms. The predicted octanol–water partition coefficient (Wildman–Crippen LogP) is 2.86. The van der Waals surface area contributed by atoms with Crippen LogP contribution in [0.5, 0.6) is 11.5 Å². The summed E-state index contributed by atoms with van der Waals surface area (Å²) >= 11 is 0. The van der Waals surface area contributed by atoms with Crippen molar-refractivity contribution >= 4 is 16.9 Å². The van der Waals surface area contributed by atoms with Gasteiger partial charge in [0.15, 0.2) is 11.5 Å². The second-order valence-electron chi connectivity index (χ2n) is 10.2. The third kappa shape index (κ3) is 4.06. The van der Waals surface area contributed by atoms with Crippen LogP contribution in [0.15, 0.2) is 12.1 Å². The van der Waals surface area contributed by atoms with Crippen LogP contribution in [0.1, 0.15) is 30.6 Å². The van der Waals surface area contributed by atoms with Gasteiger partial charge in [0.25, 0.3) is 0 Å². The van der Waals surface area contributed by atoms with Gasteiger partial charge in [-0.15, -0.1) is 0 Å². The highest BCUT2D eigenvalue weighted by molar-refractivity contribution is 5.88. The Morgan fingerprint density at radius 2 is 1.97 bits per heavy atom. The number of nitrogens with zero attached hydrogens (tertiary/aromatic N) is 2. The number of hydrogen-bond acceptors (Lipinski definition) is 7. The van der Waals surface area contributed by atoms with E-state index in [-0.39, 0.29) is 30.0 Å². The average molecular weight is 472 g/mol. The highest BCUT2D eigenvalue weighted by Crippen LogP contribution is 2.48. The lowest BCUT2D eigenvalue weighted by molar-refractivity contribution is -0.172. The Kier molecular flexibility index (Phi) is 6.48. The third-order valence-electron chi connectivity index (χ3n) is 8.10. The molecular weight excluding hydrogens is 434 g/mol. The van der Waals surface area contributed by atoms with Crippen LogP contribution < -0.4 is 9.47 Å². The van der Waals surface area contributed by atoms with E-state index in [0.29, 0.717) is 19.1 Å². The van der Waals surface area contributed by atoms with Crippen molar-refractivity contribution in [1.29, 1.82) is 0 Å². The number of aromatic nitrogens is 1. The summed E-state index contributed by atoms with van der Waals surface area (Å²) < 4.78 is 22.8. The zero-order chi connectivity index (χ0) is 24.0. The lowest BCUT2D eigenvalue weighted by atomic mass is 9.69. The molecule has 8 nitrogen and oxygen atoms in total. The van der Waals surface area contributed by atoms with Crippen LogP contribution in [0.4, 0.5) is 0 Å². The molecule has 34 heavy (non-hydrogen) atoms. The fourth-order valence-corrected chi connectivity index (χ4v) is 6.21. The van der Waals surface area contributed by atoms with E-state index in [1.807, 2.05) is 25.1 Å². The standard InChI is InChI=1S/C26H37N3O5/c1-15-19-13-29-7-6-16-18-11-23(31-4)24(32-5)12-21(18)27-25(16)22(29)10-17(19)20(14-34-15)26(30)33-9-8-28(2)3/h11-12,15,17,19-20,22,27H,6-10,13-14H2,1-5H3/t15-,17-,19-,20?,22+/m0/s1. The molecule has 5 atom stereocenters. The molecule has 5 rings (SSSR count). The smallest absolute Gasteiger partial charge is 0.311 e. The second-order valence-corrected chi connectivity index (χ2v) is 10.2. The molecule has 0 saturated carbocycles. The van der Waals surface area contributed by atoms with Crippen LogP contribution in [0.3, 0.4) is 0 Å². The lowest BCUT2D eigenvalue weighted by Crippen LogP contribution is -2.55. The molecule has 3 aliphatic rings. The van der Waals surface area contributed by atoms with E-state index in [9.17, 15) is 4.79 Å². The minimum absolute atomic E-state index is 0.112. The van der Waals surface area contributed by atoms with Crippen molar-refractivity contribution in [1.82, 2.24) is 14.8 Å². The van der Waals surface area contributed by atoms with Crippen LogP contribution in [-0.2, 0) is 20.7 Å². The summed E-state index contributed by atoms with van der Waals surface area (Å²) in [6.45, 7) is 5.70. The van der Waals surface area contributed by atoms with E-state index in [1.54, 1.807) is 14.2 Å². The largest absolute Gasteiger partial charge is 0.493 e. The van der Waals surface area contributed by atoms with E-state index in [4.69, 9.17) is 18.9 Å². The van der Waals surface area contributed by atoms with E-state index in [0.717, 1.165) is 49.5 Å².